The summed E-state index contributed by atoms with van der Waals surface area (Å²) < 4.78 is 60.8. The number of halogens is 3. The summed E-state index contributed by atoms with van der Waals surface area (Å²) in [5.74, 6) is 0. The Labute approximate surface area is 118 Å². The van der Waals surface area contributed by atoms with E-state index in [1.165, 1.54) is 0 Å². The van der Waals surface area contributed by atoms with Gasteiger partial charge in [0.25, 0.3) is 0 Å². The Morgan fingerprint density at radius 1 is 1.45 bits per heavy atom. The molecule has 110 valence electrons. The van der Waals surface area contributed by atoms with Gasteiger partial charge in [-0.05, 0) is 30.4 Å². The average Bonchev–Trinajstić information content (AvgIpc) is 2.25. The Hall–Kier alpha value is -1.68. The lowest BCUT2D eigenvalue weighted by molar-refractivity contribution is -0.137. The summed E-state index contributed by atoms with van der Waals surface area (Å²) in [7, 11) is -3.70. The van der Waals surface area contributed by atoms with E-state index < -0.39 is 21.6 Å². The van der Waals surface area contributed by atoms with Crippen LogP contribution in [0.1, 0.15) is 11.1 Å². The normalized spacial score (nSPS) is 12.6. The van der Waals surface area contributed by atoms with Gasteiger partial charge in [-0.2, -0.15) is 18.3 Å². The van der Waals surface area contributed by atoms with Gasteiger partial charge >= 0.3 is 6.18 Å². The molecule has 20 heavy (non-hydrogen) atoms. The van der Waals surface area contributed by atoms with Crippen molar-refractivity contribution in [1.29, 1.82) is 0 Å². The van der Waals surface area contributed by atoms with E-state index >= 15 is 0 Å². The number of hydrazone groups is 1. The fourth-order valence-electron chi connectivity index (χ4n) is 1.33. The molecule has 0 bridgehead atoms. The summed E-state index contributed by atoms with van der Waals surface area (Å²) >= 11 is 4.46. The number of hydrogen-bond acceptors (Lipinski definition) is 4. The molecular formula is C10H10F3N3O2S2. The van der Waals surface area contributed by atoms with Gasteiger partial charge in [-0.15, -0.1) is 0 Å². The van der Waals surface area contributed by atoms with Gasteiger partial charge in [0.05, 0.1) is 16.7 Å². The Morgan fingerprint density at radius 3 is 2.50 bits per heavy atom. The van der Waals surface area contributed by atoms with Crippen LogP contribution in [0.15, 0.2) is 28.2 Å². The monoisotopic (exact) mass is 325 g/mol. The van der Waals surface area contributed by atoms with Crippen LogP contribution in [0.5, 0.6) is 0 Å². The van der Waals surface area contributed by atoms with Gasteiger partial charge in [0.15, 0.2) is 14.9 Å². The predicted octanol–water partition coefficient (Wildman–Crippen LogP) is 1.28. The van der Waals surface area contributed by atoms with Crippen LogP contribution < -0.4 is 11.2 Å². The first-order chi connectivity index (χ1) is 9.01. The highest BCUT2D eigenvalue weighted by Gasteiger charge is 2.31. The number of hydrogen-bond donors (Lipinski definition) is 2. The number of nitrogens with two attached hydrogens (primary N) is 1. The zero-order valence-corrected chi connectivity index (χ0v) is 11.7. The Kier molecular flexibility index (Phi) is 4.71. The second kappa shape index (κ2) is 5.75. The molecule has 0 aliphatic rings. The van der Waals surface area contributed by atoms with Gasteiger partial charge in [-0.3, -0.25) is 5.43 Å². The number of rotatable bonds is 3. The summed E-state index contributed by atoms with van der Waals surface area (Å²) in [6.07, 6.45) is -2.80. The maximum atomic E-state index is 12.6. The van der Waals surface area contributed by atoms with Crippen LogP contribution in [0.4, 0.5) is 13.2 Å². The molecule has 5 nitrogen and oxygen atoms in total. The van der Waals surface area contributed by atoms with E-state index in [4.69, 9.17) is 5.73 Å². The van der Waals surface area contributed by atoms with E-state index in [1.54, 1.807) is 0 Å². The van der Waals surface area contributed by atoms with Crippen LogP contribution in [0.3, 0.4) is 0 Å². The third-order valence-corrected chi connectivity index (χ3v) is 3.38. The number of nitrogens with one attached hydrogen (secondary N) is 1. The molecule has 0 radical (unpaired) electrons. The highest BCUT2D eigenvalue weighted by atomic mass is 32.2. The first-order valence-electron chi connectivity index (χ1n) is 5.01. The van der Waals surface area contributed by atoms with Crippen molar-refractivity contribution in [2.24, 2.45) is 10.8 Å². The molecule has 1 aromatic carbocycles. The van der Waals surface area contributed by atoms with Crippen LogP contribution in [0.25, 0.3) is 0 Å². The van der Waals surface area contributed by atoms with Crippen LogP contribution in [-0.2, 0) is 16.0 Å². The van der Waals surface area contributed by atoms with Crippen molar-refractivity contribution in [3.63, 3.8) is 0 Å². The Morgan fingerprint density at radius 2 is 2.05 bits per heavy atom. The molecule has 1 rings (SSSR count). The highest BCUT2D eigenvalue weighted by molar-refractivity contribution is 7.90. The largest absolute Gasteiger partial charge is 0.416 e. The van der Waals surface area contributed by atoms with Gasteiger partial charge < -0.3 is 5.73 Å². The lowest BCUT2D eigenvalue weighted by atomic mass is 10.1. The van der Waals surface area contributed by atoms with Crippen molar-refractivity contribution >= 4 is 33.4 Å². The average molecular weight is 325 g/mol. The zero-order valence-electron chi connectivity index (χ0n) is 10.1. The standard InChI is InChI=1S/C10H10F3N3O2S2/c1-20(17,18)8-3-2-7(10(11,12)13)4-6(8)5-15-16-9(14)19/h2-5H,1H3,(H3,14,16,19). The predicted molar refractivity (Wildman–Crippen MR) is 72.1 cm³/mol. The third kappa shape index (κ3) is 4.46. The molecule has 0 aromatic heterocycles. The highest BCUT2D eigenvalue weighted by Crippen LogP contribution is 2.31. The summed E-state index contributed by atoms with van der Waals surface area (Å²) in [6, 6.07) is 2.25. The SMILES string of the molecule is CS(=O)(=O)c1ccc(C(F)(F)F)cc1C=NNC(N)=S. The minimum Gasteiger partial charge on any atom is -0.375 e. The van der Waals surface area contributed by atoms with Gasteiger partial charge in [-0.25, -0.2) is 8.42 Å². The molecule has 3 N–H and O–H groups in total. The summed E-state index contributed by atoms with van der Waals surface area (Å²) in [5, 5.41) is 3.27. The molecule has 1 aromatic rings. The minimum atomic E-state index is -4.59. The lowest BCUT2D eigenvalue weighted by Gasteiger charge is -2.10. The number of thiocarbonyl (C=S) groups is 1. The van der Waals surface area contributed by atoms with Crippen molar-refractivity contribution in [3.8, 4) is 0 Å². The fraction of sp³-hybridized carbons (Fsp3) is 0.200. The van der Waals surface area contributed by atoms with Crippen molar-refractivity contribution in [3.05, 3.63) is 29.3 Å². The number of sulfone groups is 1. The van der Waals surface area contributed by atoms with E-state index in [1.807, 2.05) is 0 Å². The quantitative estimate of drug-likeness (QED) is 0.497. The van der Waals surface area contributed by atoms with Gasteiger partial charge in [0.2, 0.25) is 0 Å². The molecule has 0 spiro atoms. The molecule has 0 saturated carbocycles. The van der Waals surface area contributed by atoms with Crippen molar-refractivity contribution < 1.29 is 21.6 Å². The van der Waals surface area contributed by atoms with Crippen molar-refractivity contribution in [2.75, 3.05) is 6.26 Å². The molecular weight excluding hydrogens is 315 g/mol. The zero-order chi connectivity index (χ0) is 15.6. The van der Waals surface area contributed by atoms with Crippen molar-refractivity contribution in [1.82, 2.24) is 5.43 Å². The van der Waals surface area contributed by atoms with Crippen molar-refractivity contribution in [2.45, 2.75) is 11.1 Å². The van der Waals surface area contributed by atoms with E-state index in [9.17, 15) is 21.6 Å². The molecule has 0 aliphatic heterocycles. The molecule has 0 saturated heterocycles. The molecule has 0 aliphatic carbocycles. The number of benzene rings is 1. The lowest BCUT2D eigenvalue weighted by Crippen LogP contribution is -2.24. The number of alkyl halides is 3. The van der Waals surface area contributed by atoms with Crippen LogP contribution >= 0.6 is 12.2 Å². The molecule has 0 amide bonds. The van der Waals surface area contributed by atoms with Crippen LogP contribution in [-0.4, -0.2) is 26.0 Å². The topological polar surface area (TPSA) is 84.5 Å². The molecule has 0 heterocycles. The van der Waals surface area contributed by atoms with Gasteiger partial charge in [0.1, 0.15) is 0 Å². The fourth-order valence-corrected chi connectivity index (χ4v) is 2.24. The Balaban J connectivity index is 3.34. The van der Waals surface area contributed by atoms with E-state index in [2.05, 4.69) is 22.7 Å². The minimum absolute atomic E-state index is 0.200. The summed E-state index contributed by atoms with van der Waals surface area (Å²) in [4.78, 5) is -0.279. The molecule has 0 fully saturated rings. The molecule has 0 atom stereocenters. The smallest absolute Gasteiger partial charge is 0.375 e. The maximum absolute atomic E-state index is 12.6. The van der Waals surface area contributed by atoms with Gasteiger partial charge in [-0.1, -0.05) is 0 Å². The molecule has 10 heteroatoms. The number of nitrogens with zero attached hydrogens (tertiary/aromatic N) is 1. The second-order valence-corrected chi connectivity index (χ2v) is 6.18. The van der Waals surface area contributed by atoms with Gasteiger partial charge in [0, 0.05) is 11.8 Å². The van der Waals surface area contributed by atoms with Crippen LogP contribution in [0.2, 0.25) is 0 Å². The maximum Gasteiger partial charge on any atom is 0.416 e. The Bertz CT molecular complexity index is 654. The van der Waals surface area contributed by atoms with E-state index in [0.29, 0.717) is 12.1 Å². The summed E-state index contributed by atoms with van der Waals surface area (Å²) in [6.45, 7) is 0. The van der Waals surface area contributed by atoms with Crippen LogP contribution in [0, 0.1) is 0 Å². The van der Waals surface area contributed by atoms with E-state index in [0.717, 1.165) is 18.5 Å². The first-order valence-corrected chi connectivity index (χ1v) is 7.31. The molecule has 0 unspecified atom stereocenters. The summed E-state index contributed by atoms with van der Waals surface area (Å²) in [5.41, 5.74) is 6.02. The first kappa shape index (κ1) is 16.4. The second-order valence-electron chi connectivity index (χ2n) is 3.76. The third-order valence-electron chi connectivity index (χ3n) is 2.11. The van der Waals surface area contributed by atoms with E-state index in [-0.39, 0.29) is 15.6 Å².